The molecule has 0 saturated carbocycles. The van der Waals surface area contributed by atoms with Crippen LogP contribution in [-0.2, 0) is 5.41 Å². The maximum absolute atomic E-state index is 4.68. The molecule has 0 aliphatic rings. The summed E-state index contributed by atoms with van der Waals surface area (Å²) in [5, 5.41) is 0. The molecule has 0 unspecified atom stereocenters. The fourth-order valence-corrected chi connectivity index (χ4v) is 2.76. The molecule has 0 amide bonds. The van der Waals surface area contributed by atoms with Crippen molar-refractivity contribution in [3.8, 4) is 11.3 Å². The molecule has 1 heteroatoms. The molecule has 3 rings (SSSR count). The van der Waals surface area contributed by atoms with E-state index in [4.69, 9.17) is 0 Å². The lowest BCUT2D eigenvalue weighted by Gasteiger charge is -2.25. The zero-order valence-electron chi connectivity index (χ0n) is 13.4. The van der Waals surface area contributed by atoms with E-state index in [0.29, 0.717) is 0 Å². The molecular formula is C21H21N. The molecule has 0 aliphatic heterocycles. The van der Waals surface area contributed by atoms with Crippen molar-refractivity contribution < 1.29 is 0 Å². The van der Waals surface area contributed by atoms with Crippen LogP contribution in [0.15, 0.2) is 72.9 Å². The van der Waals surface area contributed by atoms with Gasteiger partial charge in [0.05, 0.1) is 5.69 Å². The summed E-state index contributed by atoms with van der Waals surface area (Å²) in [4.78, 5) is 4.68. The summed E-state index contributed by atoms with van der Waals surface area (Å²) in [6.07, 6.45) is 2.00. The summed E-state index contributed by atoms with van der Waals surface area (Å²) in [5.74, 6) is 0. The largest absolute Gasteiger partial charge is 0.256 e. The number of pyridine rings is 1. The van der Waals surface area contributed by atoms with E-state index >= 15 is 0 Å². The van der Waals surface area contributed by atoms with Gasteiger partial charge in [-0.25, -0.2) is 0 Å². The van der Waals surface area contributed by atoms with Crippen molar-refractivity contribution in [3.05, 3.63) is 89.6 Å². The third-order valence-corrected chi connectivity index (χ3v) is 4.29. The second-order valence-electron chi connectivity index (χ2n) is 6.29. The number of benzene rings is 2. The zero-order chi connectivity index (χ0) is 15.6. The van der Waals surface area contributed by atoms with Crippen molar-refractivity contribution >= 4 is 0 Å². The molecule has 0 aliphatic carbocycles. The Morgan fingerprint density at radius 1 is 0.773 bits per heavy atom. The first kappa shape index (κ1) is 14.5. The lowest BCUT2D eigenvalue weighted by atomic mass is 9.79. The molecule has 22 heavy (non-hydrogen) atoms. The van der Waals surface area contributed by atoms with E-state index in [1.54, 1.807) is 0 Å². The van der Waals surface area contributed by atoms with Gasteiger partial charge in [0.1, 0.15) is 0 Å². The van der Waals surface area contributed by atoms with Gasteiger partial charge in [0, 0.05) is 17.2 Å². The lowest BCUT2D eigenvalue weighted by Crippen LogP contribution is -2.18. The van der Waals surface area contributed by atoms with Crippen LogP contribution < -0.4 is 0 Å². The summed E-state index contributed by atoms with van der Waals surface area (Å²) in [5.41, 5.74) is 5.95. The van der Waals surface area contributed by atoms with Crippen LogP contribution in [0.3, 0.4) is 0 Å². The molecule has 0 saturated heterocycles. The van der Waals surface area contributed by atoms with Crippen molar-refractivity contribution in [1.82, 2.24) is 4.98 Å². The Labute approximate surface area is 132 Å². The molecule has 0 radical (unpaired) electrons. The van der Waals surface area contributed by atoms with Gasteiger partial charge < -0.3 is 0 Å². The number of hydrogen-bond donors (Lipinski definition) is 0. The predicted octanol–water partition coefficient (Wildman–Crippen LogP) is 5.38. The van der Waals surface area contributed by atoms with Crippen LogP contribution in [-0.4, -0.2) is 4.98 Å². The lowest BCUT2D eigenvalue weighted by molar-refractivity contribution is 0.638. The van der Waals surface area contributed by atoms with Crippen molar-refractivity contribution in [2.24, 2.45) is 0 Å². The fourth-order valence-electron chi connectivity index (χ4n) is 2.76. The average molecular weight is 287 g/mol. The van der Waals surface area contributed by atoms with Crippen molar-refractivity contribution in [3.63, 3.8) is 0 Å². The van der Waals surface area contributed by atoms with Crippen LogP contribution in [0.25, 0.3) is 11.3 Å². The molecule has 1 aromatic heterocycles. The molecule has 1 heterocycles. The normalized spacial score (nSPS) is 11.4. The monoisotopic (exact) mass is 287 g/mol. The molecule has 0 spiro atoms. The van der Waals surface area contributed by atoms with Crippen LogP contribution in [0, 0.1) is 6.92 Å². The highest BCUT2D eigenvalue weighted by molar-refractivity contribution is 5.60. The molecule has 0 atom stereocenters. The Morgan fingerprint density at radius 2 is 1.55 bits per heavy atom. The SMILES string of the molecule is Cc1cccc(-c2ccc(C(C)(C)c3ccccc3)cn2)c1. The highest BCUT2D eigenvalue weighted by Crippen LogP contribution is 2.31. The number of hydrogen-bond acceptors (Lipinski definition) is 1. The average Bonchev–Trinajstić information content (AvgIpc) is 2.56. The zero-order valence-corrected chi connectivity index (χ0v) is 13.4. The summed E-state index contributed by atoms with van der Waals surface area (Å²) < 4.78 is 0. The van der Waals surface area contributed by atoms with Gasteiger partial charge in [-0.3, -0.25) is 4.98 Å². The van der Waals surface area contributed by atoms with E-state index in [1.165, 1.54) is 22.3 Å². The minimum Gasteiger partial charge on any atom is -0.256 e. The van der Waals surface area contributed by atoms with E-state index in [1.807, 2.05) is 6.20 Å². The van der Waals surface area contributed by atoms with Crippen molar-refractivity contribution in [1.29, 1.82) is 0 Å². The topological polar surface area (TPSA) is 12.9 Å². The standard InChI is InChI=1S/C21H21N/c1-16-8-7-9-17(14-16)20-13-12-19(15-22-20)21(2,3)18-10-5-4-6-11-18/h4-15H,1-3H3. The molecule has 2 aromatic carbocycles. The summed E-state index contributed by atoms with van der Waals surface area (Å²) in [7, 11) is 0. The molecule has 1 nitrogen and oxygen atoms in total. The first-order valence-electron chi connectivity index (χ1n) is 7.66. The van der Waals surface area contributed by atoms with E-state index in [-0.39, 0.29) is 5.41 Å². The Balaban J connectivity index is 1.95. The second-order valence-corrected chi connectivity index (χ2v) is 6.29. The third kappa shape index (κ3) is 2.80. The molecule has 0 bridgehead atoms. The molecule has 0 fully saturated rings. The summed E-state index contributed by atoms with van der Waals surface area (Å²) >= 11 is 0. The van der Waals surface area contributed by atoms with Crippen molar-refractivity contribution in [2.75, 3.05) is 0 Å². The Hall–Kier alpha value is -2.41. The molecule has 3 aromatic rings. The predicted molar refractivity (Wildman–Crippen MR) is 93.0 cm³/mol. The van der Waals surface area contributed by atoms with E-state index in [9.17, 15) is 0 Å². The molecule has 110 valence electrons. The van der Waals surface area contributed by atoms with Gasteiger partial charge >= 0.3 is 0 Å². The van der Waals surface area contributed by atoms with E-state index in [2.05, 4.69) is 92.5 Å². The minimum absolute atomic E-state index is 0.0423. The number of rotatable bonds is 3. The summed E-state index contributed by atoms with van der Waals surface area (Å²) in [6.45, 7) is 6.59. The van der Waals surface area contributed by atoms with Gasteiger partial charge in [0.2, 0.25) is 0 Å². The molecule has 0 N–H and O–H groups in total. The third-order valence-electron chi connectivity index (χ3n) is 4.29. The Morgan fingerprint density at radius 3 is 2.18 bits per heavy atom. The minimum atomic E-state index is -0.0423. The first-order valence-corrected chi connectivity index (χ1v) is 7.66. The van der Waals surface area contributed by atoms with Crippen LogP contribution in [0.5, 0.6) is 0 Å². The van der Waals surface area contributed by atoms with Crippen LogP contribution in [0.4, 0.5) is 0 Å². The van der Waals surface area contributed by atoms with Gasteiger partial charge in [-0.2, -0.15) is 0 Å². The van der Waals surface area contributed by atoms with Gasteiger partial charge in [-0.15, -0.1) is 0 Å². The first-order chi connectivity index (χ1) is 10.6. The Bertz CT molecular complexity index is 755. The quantitative estimate of drug-likeness (QED) is 0.630. The van der Waals surface area contributed by atoms with E-state index < -0.39 is 0 Å². The van der Waals surface area contributed by atoms with Gasteiger partial charge in [-0.05, 0) is 30.2 Å². The fraction of sp³-hybridized carbons (Fsp3) is 0.190. The number of aromatic nitrogens is 1. The Kier molecular flexibility index (Phi) is 3.81. The second kappa shape index (κ2) is 5.76. The van der Waals surface area contributed by atoms with E-state index in [0.717, 1.165) is 5.69 Å². The van der Waals surface area contributed by atoms with Crippen LogP contribution in [0.1, 0.15) is 30.5 Å². The maximum atomic E-state index is 4.68. The molecular weight excluding hydrogens is 266 g/mol. The smallest absolute Gasteiger partial charge is 0.0702 e. The summed E-state index contributed by atoms with van der Waals surface area (Å²) in [6, 6.07) is 23.4. The van der Waals surface area contributed by atoms with Crippen LogP contribution >= 0.6 is 0 Å². The number of aryl methyl sites for hydroxylation is 1. The van der Waals surface area contributed by atoms with Gasteiger partial charge in [0.15, 0.2) is 0 Å². The maximum Gasteiger partial charge on any atom is 0.0702 e. The van der Waals surface area contributed by atoms with Gasteiger partial charge in [0.25, 0.3) is 0 Å². The highest BCUT2D eigenvalue weighted by Gasteiger charge is 2.23. The van der Waals surface area contributed by atoms with Gasteiger partial charge in [-0.1, -0.05) is 74.0 Å². The van der Waals surface area contributed by atoms with Crippen molar-refractivity contribution in [2.45, 2.75) is 26.2 Å². The number of nitrogens with zero attached hydrogens (tertiary/aromatic N) is 1. The highest BCUT2D eigenvalue weighted by atomic mass is 14.7. The van der Waals surface area contributed by atoms with Crippen LogP contribution in [0.2, 0.25) is 0 Å².